The second-order valence-electron chi connectivity index (χ2n) is 5.16. The minimum absolute atomic E-state index is 0.266. The van der Waals surface area contributed by atoms with Gasteiger partial charge in [0.05, 0.1) is 22.3 Å². The van der Waals surface area contributed by atoms with Crippen LogP contribution in [0.15, 0.2) is 29.3 Å². The van der Waals surface area contributed by atoms with Gasteiger partial charge >= 0.3 is 0 Å². The smallest absolute Gasteiger partial charge is 0.262 e. The molecule has 6 heteroatoms. The fourth-order valence-corrected chi connectivity index (χ4v) is 3.21. The van der Waals surface area contributed by atoms with Crippen molar-refractivity contribution in [3.63, 3.8) is 0 Å². The normalized spacial score (nSPS) is 17.4. The number of hydrogen-bond acceptors (Lipinski definition) is 3. The van der Waals surface area contributed by atoms with Crippen LogP contribution in [0.5, 0.6) is 0 Å². The number of amides is 1. The average Bonchev–Trinajstić information content (AvgIpc) is 2.91. The number of carbonyl (C=O) groups is 1. The van der Waals surface area contributed by atoms with E-state index in [1.165, 1.54) is 10.9 Å². The second-order valence-corrected chi connectivity index (χ2v) is 5.57. The third kappa shape index (κ3) is 1.73. The maximum Gasteiger partial charge on any atom is 0.262 e. The molecule has 5 nitrogen and oxygen atoms in total. The van der Waals surface area contributed by atoms with Crippen molar-refractivity contribution in [2.45, 2.75) is 31.2 Å². The number of nitrogens with two attached hydrogens (primary N) is 1. The van der Waals surface area contributed by atoms with E-state index in [4.69, 9.17) is 17.3 Å². The van der Waals surface area contributed by atoms with E-state index in [0.717, 1.165) is 12.8 Å². The van der Waals surface area contributed by atoms with Crippen molar-refractivity contribution in [1.82, 2.24) is 9.55 Å². The quantitative estimate of drug-likeness (QED) is 0.916. The molecule has 1 heterocycles. The highest BCUT2D eigenvalue weighted by molar-refractivity contribution is 6.34. The second kappa shape index (κ2) is 4.59. The Hall–Kier alpha value is -1.88. The third-order valence-electron chi connectivity index (χ3n) is 4.09. The van der Waals surface area contributed by atoms with Crippen molar-refractivity contribution in [3.8, 4) is 0 Å². The van der Waals surface area contributed by atoms with Crippen LogP contribution in [0, 0.1) is 0 Å². The number of para-hydroxylation sites is 1. The van der Waals surface area contributed by atoms with Crippen LogP contribution in [0.3, 0.4) is 0 Å². The van der Waals surface area contributed by atoms with Crippen LogP contribution in [0.2, 0.25) is 5.02 Å². The Morgan fingerprint density at radius 1 is 1.35 bits per heavy atom. The Bertz CT molecular complexity index is 748. The van der Waals surface area contributed by atoms with Crippen molar-refractivity contribution < 1.29 is 4.79 Å². The fourth-order valence-electron chi connectivity index (χ4n) is 2.99. The van der Waals surface area contributed by atoms with Gasteiger partial charge in [-0.15, -0.1) is 0 Å². The summed E-state index contributed by atoms with van der Waals surface area (Å²) >= 11 is 6.04. The first-order chi connectivity index (χ1) is 9.56. The summed E-state index contributed by atoms with van der Waals surface area (Å²) in [6.07, 6.45) is 4.31. The molecule has 1 amide bonds. The molecule has 0 unspecified atom stereocenters. The minimum Gasteiger partial charge on any atom is -0.368 e. The number of benzene rings is 1. The average molecular weight is 292 g/mol. The van der Waals surface area contributed by atoms with Crippen LogP contribution in [-0.4, -0.2) is 15.5 Å². The van der Waals surface area contributed by atoms with Crippen molar-refractivity contribution in [3.05, 3.63) is 39.9 Å². The highest BCUT2D eigenvalue weighted by Gasteiger charge is 2.42. The molecule has 20 heavy (non-hydrogen) atoms. The van der Waals surface area contributed by atoms with Gasteiger partial charge in [-0.1, -0.05) is 30.5 Å². The Morgan fingerprint density at radius 3 is 2.70 bits per heavy atom. The van der Waals surface area contributed by atoms with Gasteiger partial charge in [0.15, 0.2) is 0 Å². The largest absolute Gasteiger partial charge is 0.368 e. The van der Waals surface area contributed by atoms with Crippen LogP contribution in [0.1, 0.15) is 25.7 Å². The molecule has 1 saturated carbocycles. The summed E-state index contributed by atoms with van der Waals surface area (Å²) in [7, 11) is 0. The molecular formula is C14H14ClN3O2. The highest BCUT2D eigenvalue weighted by atomic mass is 35.5. The van der Waals surface area contributed by atoms with E-state index in [9.17, 15) is 9.59 Å². The van der Waals surface area contributed by atoms with E-state index in [0.29, 0.717) is 28.8 Å². The zero-order chi connectivity index (χ0) is 14.3. The SMILES string of the molecule is NC(=O)C1(n2cnc3c(Cl)cccc3c2=O)CCCC1. The number of rotatable bonds is 2. The van der Waals surface area contributed by atoms with E-state index in [2.05, 4.69) is 4.98 Å². The lowest BCUT2D eigenvalue weighted by atomic mass is 9.96. The molecule has 0 spiro atoms. The summed E-state index contributed by atoms with van der Waals surface area (Å²) in [6, 6.07) is 5.04. The van der Waals surface area contributed by atoms with E-state index < -0.39 is 11.4 Å². The number of primary amides is 1. The highest BCUT2D eigenvalue weighted by Crippen LogP contribution is 2.35. The number of fused-ring (bicyclic) bond motifs is 1. The molecule has 1 aromatic carbocycles. The lowest BCUT2D eigenvalue weighted by Gasteiger charge is -2.27. The predicted molar refractivity (Wildman–Crippen MR) is 76.6 cm³/mol. The maximum absolute atomic E-state index is 12.6. The molecule has 0 radical (unpaired) electrons. The topological polar surface area (TPSA) is 78.0 Å². The monoisotopic (exact) mass is 291 g/mol. The van der Waals surface area contributed by atoms with Gasteiger partial charge in [-0.3, -0.25) is 14.2 Å². The van der Waals surface area contributed by atoms with Gasteiger partial charge < -0.3 is 5.73 Å². The van der Waals surface area contributed by atoms with Crippen molar-refractivity contribution in [2.75, 3.05) is 0 Å². The molecule has 1 aliphatic rings. The first kappa shape index (κ1) is 13.1. The van der Waals surface area contributed by atoms with E-state index in [1.54, 1.807) is 18.2 Å². The number of aromatic nitrogens is 2. The number of halogens is 1. The van der Waals surface area contributed by atoms with Crippen LogP contribution in [0.4, 0.5) is 0 Å². The van der Waals surface area contributed by atoms with Crippen molar-refractivity contribution in [1.29, 1.82) is 0 Å². The van der Waals surface area contributed by atoms with Crippen LogP contribution in [0.25, 0.3) is 10.9 Å². The molecule has 1 fully saturated rings. The zero-order valence-corrected chi connectivity index (χ0v) is 11.6. The molecule has 0 atom stereocenters. The van der Waals surface area contributed by atoms with Crippen molar-refractivity contribution >= 4 is 28.4 Å². The Kier molecular flexibility index (Phi) is 3.01. The molecular weight excluding hydrogens is 278 g/mol. The Balaban J connectivity index is 2.30. The number of hydrogen-bond donors (Lipinski definition) is 1. The maximum atomic E-state index is 12.6. The van der Waals surface area contributed by atoms with Gasteiger partial charge in [0.1, 0.15) is 5.54 Å². The van der Waals surface area contributed by atoms with Gasteiger partial charge in [0.2, 0.25) is 5.91 Å². The van der Waals surface area contributed by atoms with Crippen LogP contribution >= 0.6 is 11.6 Å². The van der Waals surface area contributed by atoms with E-state index in [-0.39, 0.29) is 5.56 Å². The summed E-state index contributed by atoms with van der Waals surface area (Å²) in [4.78, 5) is 28.8. The summed E-state index contributed by atoms with van der Waals surface area (Å²) in [5.41, 5.74) is 4.80. The molecule has 3 rings (SSSR count). The van der Waals surface area contributed by atoms with Crippen LogP contribution in [-0.2, 0) is 10.3 Å². The van der Waals surface area contributed by atoms with Gasteiger partial charge in [-0.2, -0.15) is 0 Å². The van der Waals surface area contributed by atoms with E-state index in [1.807, 2.05) is 0 Å². The standard InChI is InChI=1S/C14H14ClN3O2/c15-10-5-3-4-9-11(10)17-8-18(12(9)19)14(13(16)20)6-1-2-7-14/h3-5,8H,1-2,6-7H2,(H2,16,20). The minimum atomic E-state index is -0.944. The third-order valence-corrected chi connectivity index (χ3v) is 4.39. The Labute approximate surface area is 120 Å². The first-order valence-corrected chi connectivity index (χ1v) is 6.90. The van der Waals surface area contributed by atoms with Gasteiger partial charge in [0, 0.05) is 0 Å². The van der Waals surface area contributed by atoms with Gasteiger partial charge in [-0.05, 0) is 25.0 Å². The van der Waals surface area contributed by atoms with Gasteiger partial charge in [-0.25, -0.2) is 4.98 Å². The molecule has 1 aliphatic carbocycles. The van der Waals surface area contributed by atoms with Crippen molar-refractivity contribution in [2.24, 2.45) is 5.73 Å². The summed E-state index contributed by atoms with van der Waals surface area (Å²) in [5, 5.41) is 0.832. The fraction of sp³-hybridized carbons (Fsp3) is 0.357. The summed E-state index contributed by atoms with van der Waals surface area (Å²) < 4.78 is 1.39. The molecule has 2 N–H and O–H groups in total. The summed E-state index contributed by atoms with van der Waals surface area (Å²) in [5.74, 6) is -0.472. The molecule has 104 valence electrons. The number of nitrogens with zero attached hydrogens (tertiary/aromatic N) is 2. The molecule has 0 saturated heterocycles. The number of carbonyl (C=O) groups excluding carboxylic acids is 1. The Morgan fingerprint density at radius 2 is 2.05 bits per heavy atom. The van der Waals surface area contributed by atoms with E-state index >= 15 is 0 Å². The van der Waals surface area contributed by atoms with Gasteiger partial charge in [0.25, 0.3) is 5.56 Å². The molecule has 1 aromatic heterocycles. The predicted octanol–water partition coefficient (Wildman–Crippen LogP) is 1.80. The molecule has 0 bridgehead atoms. The molecule has 0 aliphatic heterocycles. The molecule has 2 aromatic rings. The first-order valence-electron chi connectivity index (χ1n) is 6.52. The zero-order valence-electron chi connectivity index (χ0n) is 10.8. The summed E-state index contributed by atoms with van der Waals surface area (Å²) in [6.45, 7) is 0. The lowest BCUT2D eigenvalue weighted by molar-refractivity contribution is -0.126. The lowest BCUT2D eigenvalue weighted by Crippen LogP contribution is -2.49. The van der Waals surface area contributed by atoms with Crippen LogP contribution < -0.4 is 11.3 Å².